The SMILES string of the molecule is N[C@H]1CCN(C(=O)c2ccc(CN3CCN(C4CCN(c5ncc(C(F)(F)F)cc5F)CC4)C3=O)cc2)C1. The van der Waals surface area contributed by atoms with E-state index in [0.29, 0.717) is 76.5 Å². The molecule has 4 heterocycles. The fourth-order valence-corrected chi connectivity index (χ4v) is 5.42. The predicted octanol–water partition coefficient (Wildman–Crippen LogP) is 3.32. The molecule has 0 saturated carbocycles. The number of carbonyl (C=O) groups excluding carboxylic acids is 2. The van der Waals surface area contributed by atoms with Crippen LogP contribution < -0.4 is 10.6 Å². The van der Waals surface area contributed by atoms with Gasteiger partial charge in [-0.2, -0.15) is 13.2 Å². The summed E-state index contributed by atoms with van der Waals surface area (Å²) in [6.45, 7) is 3.57. The van der Waals surface area contributed by atoms with Crippen molar-refractivity contribution in [1.82, 2.24) is 19.7 Å². The number of piperidine rings is 1. The molecule has 0 spiro atoms. The van der Waals surface area contributed by atoms with Gasteiger partial charge in [0.2, 0.25) is 0 Å². The zero-order valence-corrected chi connectivity index (χ0v) is 20.8. The van der Waals surface area contributed by atoms with E-state index in [0.717, 1.165) is 12.0 Å². The van der Waals surface area contributed by atoms with Crippen molar-refractivity contribution < 1.29 is 27.2 Å². The summed E-state index contributed by atoms with van der Waals surface area (Å²) in [5.41, 5.74) is 6.31. The van der Waals surface area contributed by atoms with E-state index < -0.39 is 17.6 Å². The van der Waals surface area contributed by atoms with Gasteiger partial charge in [0.1, 0.15) is 0 Å². The molecule has 2 N–H and O–H groups in total. The predicted molar refractivity (Wildman–Crippen MR) is 132 cm³/mol. The van der Waals surface area contributed by atoms with Gasteiger partial charge in [-0.3, -0.25) is 4.79 Å². The summed E-state index contributed by atoms with van der Waals surface area (Å²) in [5, 5.41) is 0. The van der Waals surface area contributed by atoms with Crippen molar-refractivity contribution in [3.8, 4) is 0 Å². The normalized spacial score (nSPS) is 21.1. The van der Waals surface area contributed by atoms with Crippen molar-refractivity contribution in [3.63, 3.8) is 0 Å². The monoisotopic (exact) mass is 534 g/mol. The lowest BCUT2D eigenvalue weighted by molar-refractivity contribution is -0.138. The van der Waals surface area contributed by atoms with Crippen molar-refractivity contribution in [2.75, 3.05) is 44.2 Å². The minimum Gasteiger partial charge on any atom is -0.354 e. The standard InChI is InChI=1S/C26H30F4N6O2/c27-22-13-19(26(28,29)30)14-32-23(22)33-9-6-21(7-10-33)36-12-11-35(25(36)38)15-17-1-3-18(4-2-17)24(37)34-8-5-20(31)16-34/h1-4,13-14,20-21H,5-12,15-16,31H2/t20-/m0/s1. The number of nitrogens with two attached hydrogens (primary N) is 1. The number of aromatic nitrogens is 1. The van der Waals surface area contributed by atoms with Crippen LogP contribution in [0.25, 0.3) is 0 Å². The highest BCUT2D eigenvalue weighted by molar-refractivity contribution is 5.94. The molecular weight excluding hydrogens is 504 g/mol. The van der Waals surface area contributed by atoms with Crippen LogP contribution in [0.4, 0.5) is 28.2 Å². The molecule has 3 fully saturated rings. The smallest absolute Gasteiger partial charge is 0.354 e. The fourth-order valence-electron chi connectivity index (χ4n) is 5.42. The van der Waals surface area contributed by atoms with Gasteiger partial charge in [0.25, 0.3) is 5.91 Å². The Bertz CT molecular complexity index is 1180. The van der Waals surface area contributed by atoms with Gasteiger partial charge in [-0.05, 0) is 43.0 Å². The highest BCUT2D eigenvalue weighted by atomic mass is 19.4. The molecule has 8 nitrogen and oxygen atoms in total. The maximum atomic E-state index is 14.3. The average molecular weight is 535 g/mol. The summed E-state index contributed by atoms with van der Waals surface area (Å²) in [5.74, 6) is -1.13. The molecule has 1 atom stereocenters. The van der Waals surface area contributed by atoms with Crippen LogP contribution in [0.15, 0.2) is 36.5 Å². The van der Waals surface area contributed by atoms with E-state index in [9.17, 15) is 27.2 Å². The van der Waals surface area contributed by atoms with Gasteiger partial charge in [0.05, 0.1) is 5.56 Å². The number of hydrogen-bond donors (Lipinski definition) is 1. The molecule has 5 rings (SSSR count). The summed E-state index contributed by atoms with van der Waals surface area (Å²) in [6.07, 6.45) is -2.06. The molecule has 0 radical (unpaired) electrons. The quantitative estimate of drug-likeness (QED) is 0.595. The molecule has 2 aromatic rings. The number of halogens is 4. The van der Waals surface area contributed by atoms with Crippen LogP contribution in [-0.2, 0) is 12.7 Å². The number of benzene rings is 1. The molecule has 3 aliphatic rings. The van der Waals surface area contributed by atoms with Gasteiger partial charge in [0.15, 0.2) is 11.6 Å². The summed E-state index contributed by atoms with van der Waals surface area (Å²) in [4.78, 5) is 36.4. The van der Waals surface area contributed by atoms with Crippen LogP contribution in [0, 0.1) is 5.82 Å². The average Bonchev–Trinajstić information content (AvgIpc) is 3.49. The van der Waals surface area contributed by atoms with E-state index in [-0.39, 0.29) is 29.8 Å². The molecule has 0 unspecified atom stereocenters. The zero-order chi connectivity index (χ0) is 27.0. The van der Waals surface area contributed by atoms with Gasteiger partial charge in [-0.25, -0.2) is 14.2 Å². The van der Waals surface area contributed by atoms with Gasteiger partial charge >= 0.3 is 12.2 Å². The summed E-state index contributed by atoms with van der Waals surface area (Å²) in [6, 6.07) is 7.68. The lowest BCUT2D eigenvalue weighted by Gasteiger charge is -2.37. The van der Waals surface area contributed by atoms with Crippen LogP contribution >= 0.6 is 0 Å². The molecule has 1 aromatic heterocycles. The Hall–Kier alpha value is -3.41. The molecule has 38 heavy (non-hydrogen) atoms. The topological polar surface area (TPSA) is 86.0 Å². The third-order valence-electron chi connectivity index (χ3n) is 7.57. The minimum absolute atomic E-state index is 0.0252. The number of anilines is 1. The van der Waals surface area contributed by atoms with E-state index in [2.05, 4.69) is 4.98 Å². The number of urea groups is 1. The van der Waals surface area contributed by atoms with Crippen LogP contribution in [-0.4, -0.2) is 83.0 Å². The van der Waals surface area contributed by atoms with E-state index >= 15 is 0 Å². The third-order valence-corrected chi connectivity index (χ3v) is 7.57. The Morgan fingerprint density at radius 3 is 2.34 bits per heavy atom. The molecule has 3 aliphatic heterocycles. The Balaban J connectivity index is 1.14. The molecule has 204 valence electrons. The number of hydrogen-bond acceptors (Lipinski definition) is 5. The highest BCUT2D eigenvalue weighted by Gasteiger charge is 2.37. The van der Waals surface area contributed by atoms with Gasteiger partial charge in [-0.15, -0.1) is 0 Å². The molecule has 1 aromatic carbocycles. The van der Waals surface area contributed by atoms with Crippen LogP contribution in [0.2, 0.25) is 0 Å². The Labute approximate surface area is 218 Å². The van der Waals surface area contributed by atoms with Gasteiger partial charge in [0, 0.05) is 69.7 Å². The maximum Gasteiger partial charge on any atom is 0.417 e. The third kappa shape index (κ3) is 5.40. The number of carbonyl (C=O) groups is 2. The van der Waals surface area contributed by atoms with Crippen molar-refractivity contribution in [2.24, 2.45) is 5.73 Å². The summed E-state index contributed by atoms with van der Waals surface area (Å²) < 4.78 is 52.8. The van der Waals surface area contributed by atoms with E-state index in [1.54, 1.807) is 26.8 Å². The Kier molecular flexibility index (Phi) is 7.17. The molecule has 3 amide bonds. The molecule has 3 saturated heterocycles. The number of rotatable bonds is 5. The fraction of sp³-hybridized carbons (Fsp3) is 0.500. The van der Waals surface area contributed by atoms with Crippen molar-refractivity contribution in [3.05, 3.63) is 59.0 Å². The second kappa shape index (κ2) is 10.4. The first-order valence-electron chi connectivity index (χ1n) is 12.8. The molecule has 12 heteroatoms. The summed E-state index contributed by atoms with van der Waals surface area (Å²) in [7, 11) is 0. The van der Waals surface area contributed by atoms with E-state index in [1.807, 2.05) is 17.0 Å². The second-order valence-corrected chi connectivity index (χ2v) is 10.1. The minimum atomic E-state index is -4.65. The highest BCUT2D eigenvalue weighted by Crippen LogP contribution is 2.32. The largest absolute Gasteiger partial charge is 0.417 e. The van der Waals surface area contributed by atoms with Crippen molar-refractivity contribution in [2.45, 2.75) is 44.1 Å². The number of nitrogens with zero attached hydrogens (tertiary/aromatic N) is 5. The van der Waals surface area contributed by atoms with Crippen molar-refractivity contribution in [1.29, 1.82) is 0 Å². The Morgan fingerprint density at radius 2 is 1.74 bits per heavy atom. The number of alkyl halides is 3. The number of pyridine rings is 1. The number of amides is 3. The van der Waals surface area contributed by atoms with Crippen LogP contribution in [0.5, 0.6) is 0 Å². The second-order valence-electron chi connectivity index (χ2n) is 10.1. The molecule has 0 aliphatic carbocycles. The lowest BCUT2D eigenvalue weighted by Crippen LogP contribution is -2.47. The van der Waals surface area contributed by atoms with Gasteiger partial charge < -0.3 is 25.3 Å². The first kappa shape index (κ1) is 26.2. The first-order chi connectivity index (χ1) is 18.1. The van der Waals surface area contributed by atoms with E-state index in [1.165, 1.54) is 0 Å². The maximum absolute atomic E-state index is 14.3. The lowest BCUT2D eigenvalue weighted by atomic mass is 10.0. The zero-order valence-electron chi connectivity index (χ0n) is 20.8. The van der Waals surface area contributed by atoms with Gasteiger partial charge in [-0.1, -0.05) is 12.1 Å². The molecular formula is C26H30F4N6O2. The van der Waals surface area contributed by atoms with Crippen LogP contribution in [0.3, 0.4) is 0 Å². The Morgan fingerprint density at radius 1 is 1.03 bits per heavy atom. The summed E-state index contributed by atoms with van der Waals surface area (Å²) >= 11 is 0. The first-order valence-corrected chi connectivity index (χ1v) is 12.8. The number of likely N-dealkylation sites (tertiary alicyclic amines) is 1. The van der Waals surface area contributed by atoms with Crippen LogP contribution in [0.1, 0.15) is 40.7 Å². The van der Waals surface area contributed by atoms with E-state index in [4.69, 9.17) is 5.73 Å². The molecule has 0 bridgehead atoms. The van der Waals surface area contributed by atoms with Crippen molar-refractivity contribution >= 4 is 17.8 Å².